The maximum atomic E-state index is 11.7. The lowest BCUT2D eigenvalue weighted by molar-refractivity contribution is -0.121. The summed E-state index contributed by atoms with van der Waals surface area (Å²) in [5, 5.41) is 6.33. The van der Waals surface area contributed by atoms with Crippen molar-refractivity contribution in [2.24, 2.45) is 0 Å². The van der Waals surface area contributed by atoms with Crippen LogP contribution in [0.1, 0.15) is 12.0 Å². The molecule has 4 nitrogen and oxygen atoms in total. The van der Waals surface area contributed by atoms with E-state index in [2.05, 4.69) is 15.6 Å². The Morgan fingerprint density at radius 3 is 3.28 bits per heavy atom. The summed E-state index contributed by atoms with van der Waals surface area (Å²) in [4.78, 5) is 15.8. The van der Waals surface area contributed by atoms with Gasteiger partial charge in [0.1, 0.15) is 0 Å². The van der Waals surface area contributed by atoms with Crippen LogP contribution in [-0.2, 0) is 11.2 Å². The summed E-state index contributed by atoms with van der Waals surface area (Å²) in [7, 11) is 0. The van der Waals surface area contributed by atoms with Gasteiger partial charge in [0.25, 0.3) is 0 Å². The summed E-state index contributed by atoms with van der Waals surface area (Å²) in [6.07, 6.45) is 5.02. The smallest absolute Gasteiger partial charge is 0.221 e. The number of hydrogen-bond donors (Lipinski definition) is 2. The van der Waals surface area contributed by atoms with E-state index in [1.807, 2.05) is 30.1 Å². The van der Waals surface area contributed by atoms with Gasteiger partial charge in [-0.05, 0) is 18.1 Å². The molecular weight excluding hydrogens is 246 g/mol. The Kier molecular flexibility index (Phi) is 5.48. The van der Waals surface area contributed by atoms with E-state index in [-0.39, 0.29) is 5.91 Å². The first-order chi connectivity index (χ1) is 8.84. The van der Waals surface area contributed by atoms with Crippen LogP contribution >= 0.6 is 11.8 Å². The SMILES string of the molecule is O=C(CC1CSCCN1)NCCc1cccnc1. The maximum absolute atomic E-state index is 11.7. The van der Waals surface area contributed by atoms with E-state index < -0.39 is 0 Å². The predicted molar refractivity (Wildman–Crippen MR) is 74.7 cm³/mol. The van der Waals surface area contributed by atoms with Gasteiger partial charge >= 0.3 is 0 Å². The van der Waals surface area contributed by atoms with Crippen LogP contribution < -0.4 is 10.6 Å². The van der Waals surface area contributed by atoms with Gasteiger partial charge in [-0.1, -0.05) is 6.07 Å². The molecule has 1 aliphatic rings. The van der Waals surface area contributed by atoms with Gasteiger partial charge in [-0.25, -0.2) is 0 Å². The second-order valence-electron chi connectivity index (χ2n) is 4.39. The summed E-state index contributed by atoms with van der Waals surface area (Å²) < 4.78 is 0. The second kappa shape index (κ2) is 7.38. The minimum atomic E-state index is 0.138. The fourth-order valence-corrected chi connectivity index (χ4v) is 2.89. The molecular formula is C13H19N3OS. The van der Waals surface area contributed by atoms with Crippen molar-refractivity contribution in [3.05, 3.63) is 30.1 Å². The monoisotopic (exact) mass is 265 g/mol. The van der Waals surface area contributed by atoms with Crippen molar-refractivity contribution in [2.45, 2.75) is 18.9 Å². The van der Waals surface area contributed by atoms with Gasteiger partial charge in [0.2, 0.25) is 5.91 Å². The molecule has 1 saturated heterocycles. The number of nitrogens with one attached hydrogen (secondary N) is 2. The zero-order chi connectivity index (χ0) is 12.6. The van der Waals surface area contributed by atoms with E-state index in [9.17, 15) is 4.79 Å². The Bertz CT molecular complexity index is 366. The number of pyridine rings is 1. The summed E-state index contributed by atoms with van der Waals surface area (Å²) in [5.41, 5.74) is 1.16. The fraction of sp³-hybridized carbons (Fsp3) is 0.538. The van der Waals surface area contributed by atoms with Crippen molar-refractivity contribution >= 4 is 17.7 Å². The molecule has 0 saturated carbocycles. The largest absolute Gasteiger partial charge is 0.356 e. The highest BCUT2D eigenvalue weighted by atomic mass is 32.2. The van der Waals surface area contributed by atoms with Gasteiger partial charge in [-0.2, -0.15) is 11.8 Å². The predicted octanol–water partition coefficient (Wildman–Crippen LogP) is 0.835. The van der Waals surface area contributed by atoms with Gasteiger partial charge in [-0.15, -0.1) is 0 Å². The molecule has 2 heterocycles. The highest BCUT2D eigenvalue weighted by Gasteiger charge is 2.16. The Balaban J connectivity index is 1.62. The Morgan fingerprint density at radius 2 is 2.56 bits per heavy atom. The van der Waals surface area contributed by atoms with Gasteiger partial charge in [0.05, 0.1) is 0 Å². The van der Waals surface area contributed by atoms with E-state index in [1.54, 1.807) is 6.20 Å². The van der Waals surface area contributed by atoms with Gasteiger partial charge in [0.15, 0.2) is 0 Å². The molecule has 0 aromatic carbocycles. The van der Waals surface area contributed by atoms with Crippen LogP contribution in [-0.4, -0.2) is 41.5 Å². The van der Waals surface area contributed by atoms with Gasteiger partial charge < -0.3 is 10.6 Å². The zero-order valence-electron chi connectivity index (χ0n) is 10.4. The van der Waals surface area contributed by atoms with E-state index in [1.165, 1.54) is 0 Å². The third-order valence-electron chi connectivity index (χ3n) is 2.89. The highest BCUT2D eigenvalue weighted by Crippen LogP contribution is 2.09. The van der Waals surface area contributed by atoms with Crippen LogP contribution in [0.5, 0.6) is 0 Å². The summed E-state index contributed by atoms with van der Waals surface area (Å²) >= 11 is 1.91. The van der Waals surface area contributed by atoms with Gasteiger partial charge in [0, 0.05) is 49.5 Å². The molecule has 2 rings (SSSR count). The molecule has 18 heavy (non-hydrogen) atoms. The summed E-state index contributed by atoms with van der Waals surface area (Å²) in [6, 6.07) is 4.28. The average Bonchev–Trinajstić information content (AvgIpc) is 2.41. The molecule has 0 radical (unpaired) electrons. The number of rotatable bonds is 5. The van der Waals surface area contributed by atoms with E-state index in [0.717, 1.165) is 30.0 Å². The average molecular weight is 265 g/mol. The lowest BCUT2D eigenvalue weighted by Crippen LogP contribution is -2.41. The number of nitrogens with zero attached hydrogens (tertiary/aromatic N) is 1. The summed E-state index contributed by atoms with van der Waals surface area (Å²) in [6.45, 7) is 1.70. The quantitative estimate of drug-likeness (QED) is 0.828. The normalized spacial score (nSPS) is 19.4. The van der Waals surface area contributed by atoms with Crippen molar-refractivity contribution < 1.29 is 4.79 Å². The van der Waals surface area contributed by atoms with Crippen LogP contribution in [0, 0.1) is 0 Å². The molecule has 1 aromatic heterocycles. The third-order valence-corrected chi connectivity index (χ3v) is 4.02. The van der Waals surface area contributed by atoms with Crippen LogP contribution in [0.25, 0.3) is 0 Å². The van der Waals surface area contributed by atoms with Gasteiger partial charge in [-0.3, -0.25) is 9.78 Å². The molecule has 1 fully saturated rings. The lowest BCUT2D eigenvalue weighted by Gasteiger charge is -2.22. The molecule has 5 heteroatoms. The van der Waals surface area contributed by atoms with Crippen LogP contribution in [0.15, 0.2) is 24.5 Å². The zero-order valence-corrected chi connectivity index (χ0v) is 11.2. The third kappa shape index (κ3) is 4.66. The summed E-state index contributed by atoms with van der Waals surface area (Å²) in [5.74, 6) is 2.33. The Hall–Kier alpha value is -1.07. The van der Waals surface area contributed by atoms with E-state index in [0.29, 0.717) is 19.0 Å². The lowest BCUT2D eigenvalue weighted by atomic mass is 10.2. The van der Waals surface area contributed by atoms with E-state index in [4.69, 9.17) is 0 Å². The molecule has 1 atom stereocenters. The minimum absolute atomic E-state index is 0.138. The van der Waals surface area contributed by atoms with Crippen LogP contribution in [0.3, 0.4) is 0 Å². The van der Waals surface area contributed by atoms with Crippen molar-refractivity contribution in [3.8, 4) is 0 Å². The topological polar surface area (TPSA) is 54.0 Å². The number of hydrogen-bond acceptors (Lipinski definition) is 4. The van der Waals surface area contributed by atoms with Crippen molar-refractivity contribution in [3.63, 3.8) is 0 Å². The van der Waals surface area contributed by atoms with Crippen molar-refractivity contribution in [2.75, 3.05) is 24.6 Å². The standard InChI is InChI=1S/C13H19N3OS/c17-13(8-12-10-18-7-6-15-12)16-5-3-11-2-1-4-14-9-11/h1-2,4,9,12,15H,3,5-8,10H2,(H,16,17). The number of carbonyl (C=O) groups excluding carboxylic acids is 1. The molecule has 2 N–H and O–H groups in total. The molecule has 1 aliphatic heterocycles. The van der Waals surface area contributed by atoms with Crippen LogP contribution in [0.2, 0.25) is 0 Å². The second-order valence-corrected chi connectivity index (χ2v) is 5.54. The minimum Gasteiger partial charge on any atom is -0.356 e. The number of amides is 1. The molecule has 0 bridgehead atoms. The van der Waals surface area contributed by atoms with E-state index >= 15 is 0 Å². The van der Waals surface area contributed by atoms with Crippen molar-refractivity contribution in [1.82, 2.24) is 15.6 Å². The molecule has 1 aromatic rings. The molecule has 0 spiro atoms. The number of aromatic nitrogens is 1. The highest BCUT2D eigenvalue weighted by molar-refractivity contribution is 7.99. The van der Waals surface area contributed by atoms with Crippen molar-refractivity contribution in [1.29, 1.82) is 0 Å². The first-order valence-corrected chi connectivity index (χ1v) is 7.47. The molecule has 1 amide bonds. The number of carbonyl (C=O) groups is 1. The molecule has 98 valence electrons. The molecule has 1 unspecified atom stereocenters. The maximum Gasteiger partial charge on any atom is 0.221 e. The fourth-order valence-electron chi connectivity index (χ4n) is 1.94. The Labute approximate surface area is 112 Å². The van der Waals surface area contributed by atoms with Crippen LogP contribution in [0.4, 0.5) is 0 Å². The first kappa shape index (κ1) is 13.4. The molecule has 0 aliphatic carbocycles. The Morgan fingerprint density at radius 1 is 1.61 bits per heavy atom. The first-order valence-electron chi connectivity index (χ1n) is 6.31. The number of thioether (sulfide) groups is 1.